The predicted molar refractivity (Wildman–Crippen MR) is 109 cm³/mol. The van der Waals surface area contributed by atoms with E-state index in [-0.39, 0.29) is 11.5 Å². The Balaban J connectivity index is 1.27. The lowest BCUT2D eigenvalue weighted by atomic mass is 9.82. The van der Waals surface area contributed by atoms with E-state index >= 15 is 0 Å². The lowest BCUT2D eigenvalue weighted by molar-refractivity contribution is -0.0983. The molecule has 1 saturated heterocycles. The number of imidazole rings is 1. The van der Waals surface area contributed by atoms with Gasteiger partial charge in [0.05, 0.1) is 23.6 Å². The highest BCUT2D eigenvalue weighted by Gasteiger charge is 2.42. The minimum Gasteiger partial charge on any atom is -0.370 e. The summed E-state index contributed by atoms with van der Waals surface area (Å²) in [5.74, 6) is 1.83. The maximum Gasteiger partial charge on any atom is 0.261 e. The van der Waals surface area contributed by atoms with Gasteiger partial charge in [-0.3, -0.25) is 9.69 Å². The second-order valence-corrected chi connectivity index (χ2v) is 9.62. The number of piperidine rings is 1. The standard InChI is InChI=1S/C21H28N4O2S/c1-14-11-22-19(24-14)13-25-7-5-21(6-8-25)16-10-18(28-17(16)4-9-27-21)20(26)23-12-15-2-3-15/h10-11,15H,2-9,12-13H2,1H3,(H,22,24)(H,23,26). The van der Waals surface area contributed by atoms with Crippen molar-refractivity contribution in [3.8, 4) is 0 Å². The fourth-order valence-electron chi connectivity index (χ4n) is 4.42. The Morgan fingerprint density at radius 1 is 1.43 bits per heavy atom. The average Bonchev–Trinajstić information content (AvgIpc) is 3.27. The molecule has 1 amide bonds. The number of likely N-dealkylation sites (tertiary alicyclic amines) is 1. The number of amides is 1. The zero-order chi connectivity index (χ0) is 19.1. The van der Waals surface area contributed by atoms with Crippen molar-refractivity contribution in [2.45, 2.75) is 51.2 Å². The van der Waals surface area contributed by atoms with Crippen LogP contribution < -0.4 is 5.32 Å². The van der Waals surface area contributed by atoms with Crippen LogP contribution in [0.25, 0.3) is 0 Å². The summed E-state index contributed by atoms with van der Waals surface area (Å²) in [7, 11) is 0. The summed E-state index contributed by atoms with van der Waals surface area (Å²) < 4.78 is 6.36. The van der Waals surface area contributed by atoms with Gasteiger partial charge in [-0.1, -0.05) is 0 Å². The molecule has 7 heteroatoms. The van der Waals surface area contributed by atoms with E-state index in [1.165, 1.54) is 23.3 Å². The van der Waals surface area contributed by atoms with Crippen LogP contribution in [0.5, 0.6) is 0 Å². The van der Waals surface area contributed by atoms with Crippen LogP contribution in [-0.2, 0) is 23.3 Å². The van der Waals surface area contributed by atoms with Crippen molar-refractivity contribution < 1.29 is 9.53 Å². The number of carbonyl (C=O) groups is 1. The number of nitrogens with one attached hydrogen (secondary N) is 2. The molecule has 5 rings (SSSR count). The van der Waals surface area contributed by atoms with Crippen LogP contribution in [0.1, 0.15) is 57.3 Å². The van der Waals surface area contributed by atoms with Gasteiger partial charge in [0.2, 0.25) is 0 Å². The molecule has 1 aliphatic carbocycles. The summed E-state index contributed by atoms with van der Waals surface area (Å²) in [6.45, 7) is 6.44. The van der Waals surface area contributed by atoms with Gasteiger partial charge in [-0.2, -0.15) is 0 Å². The Labute approximate surface area is 169 Å². The van der Waals surface area contributed by atoms with E-state index < -0.39 is 0 Å². The molecular weight excluding hydrogens is 372 g/mol. The van der Waals surface area contributed by atoms with E-state index in [1.807, 2.05) is 13.1 Å². The Morgan fingerprint density at radius 3 is 2.96 bits per heavy atom. The monoisotopic (exact) mass is 400 g/mol. The summed E-state index contributed by atoms with van der Waals surface area (Å²) in [6.07, 6.45) is 7.27. The summed E-state index contributed by atoms with van der Waals surface area (Å²) in [4.78, 5) is 25.0. The number of carbonyl (C=O) groups excluding carboxylic acids is 1. The van der Waals surface area contributed by atoms with Gasteiger partial charge in [-0.05, 0) is 50.2 Å². The molecule has 0 unspecified atom stereocenters. The van der Waals surface area contributed by atoms with Crippen LogP contribution in [0.4, 0.5) is 0 Å². The molecular formula is C21H28N4O2S. The fraction of sp³-hybridized carbons (Fsp3) is 0.619. The zero-order valence-electron chi connectivity index (χ0n) is 16.4. The molecule has 2 N–H and O–H groups in total. The summed E-state index contributed by atoms with van der Waals surface area (Å²) in [6, 6.07) is 2.12. The molecule has 1 saturated carbocycles. The van der Waals surface area contributed by atoms with Gasteiger partial charge in [0, 0.05) is 42.8 Å². The first-order valence-electron chi connectivity index (χ1n) is 10.4. The number of nitrogens with zero attached hydrogens (tertiary/aromatic N) is 2. The molecule has 28 heavy (non-hydrogen) atoms. The van der Waals surface area contributed by atoms with Gasteiger partial charge in [0.1, 0.15) is 5.82 Å². The van der Waals surface area contributed by atoms with Gasteiger partial charge in [-0.15, -0.1) is 11.3 Å². The van der Waals surface area contributed by atoms with E-state index in [0.717, 1.165) is 68.4 Å². The first-order chi connectivity index (χ1) is 13.6. The maximum absolute atomic E-state index is 12.6. The van der Waals surface area contributed by atoms with Crippen LogP contribution >= 0.6 is 11.3 Å². The normalized spacial score (nSPS) is 21.6. The topological polar surface area (TPSA) is 70.2 Å². The quantitative estimate of drug-likeness (QED) is 0.810. The van der Waals surface area contributed by atoms with Crippen molar-refractivity contribution in [3.05, 3.63) is 39.1 Å². The SMILES string of the molecule is Cc1cnc(CN2CCC3(CC2)OCCc2sc(C(=O)NCC4CC4)cc23)[nH]1. The minimum absolute atomic E-state index is 0.0899. The molecule has 6 nitrogen and oxygen atoms in total. The van der Waals surface area contributed by atoms with E-state index in [9.17, 15) is 4.79 Å². The van der Waals surface area contributed by atoms with Gasteiger partial charge in [0.15, 0.2) is 0 Å². The van der Waals surface area contributed by atoms with E-state index in [1.54, 1.807) is 11.3 Å². The lowest BCUT2D eigenvalue weighted by Crippen LogP contribution is -2.46. The summed E-state index contributed by atoms with van der Waals surface area (Å²) in [5, 5.41) is 3.11. The molecule has 4 heterocycles. The molecule has 1 spiro atoms. The lowest BCUT2D eigenvalue weighted by Gasteiger charge is -2.43. The first kappa shape index (κ1) is 18.3. The number of H-pyrrole nitrogens is 1. The molecule has 2 aliphatic heterocycles. The Bertz CT molecular complexity index is 862. The minimum atomic E-state index is -0.214. The van der Waals surface area contributed by atoms with Gasteiger partial charge in [0.25, 0.3) is 5.91 Å². The number of aryl methyl sites for hydroxylation is 1. The molecule has 2 aromatic heterocycles. The Morgan fingerprint density at radius 2 is 2.25 bits per heavy atom. The predicted octanol–water partition coefficient (Wildman–Crippen LogP) is 2.98. The molecule has 0 radical (unpaired) electrons. The van der Waals surface area contributed by atoms with Gasteiger partial charge in [-0.25, -0.2) is 4.98 Å². The van der Waals surface area contributed by atoms with Crippen LogP contribution in [0.2, 0.25) is 0 Å². The number of ether oxygens (including phenoxy) is 1. The van der Waals surface area contributed by atoms with E-state index in [2.05, 4.69) is 26.3 Å². The maximum atomic E-state index is 12.6. The molecule has 2 aromatic rings. The smallest absolute Gasteiger partial charge is 0.261 e. The van der Waals surface area contributed by atoms with Crippen molar-refractivity contribution in [2.75, 3.05) is 26.2 Å². The Kier molecular flexibility index (Phi) is 4.77. The third kappa shape index (κ3) is 3.63. The van der Waals surface area contributed by atoms with Crippen LogP contribution in [0.3, 0.4) is 0 Å². The van der Waals surface area contributed by atoms with Crippen LogP contribution in [0.15, 0.2) is 12.3 Å². The number of aromatic nitrogens is 2. The Hall–Kier alpha value is -1.70. The molecule has 0 bridgehead atoms. The first-order valence-corrected chi connectivity index (χ1v) is 11.2. The van der Waals surface area contributed by atoms with Crippen molar-refractivity contribution in [1.29, 1.82) is 0 Å². The largest absolute Gasteiger partial charge is 0.370 e. The van der Waals surface area contributed by atoms with Crippen molar-refractivity contribution >= 4 is 17.2 Å². The van der Waals surface area contributed by atoms with Gasteiger partial charge >= 0.3 is 0 Å². The number of hydrogen-bond donors (Lipinski definition) is 2. The van der Waals surface area contributed by atoms with E-state index in [0.29, 0.717) is 5.92 Å². The van der Waals surface area contributed by atoms with E-state index in [4.69, 9.17) is 4.74 Å². The van der Waals surface area contributed by atoms with Crippen molar-refractivity contribution in [2.24, 2.45) is 5.92 Å². The fourth-order valence-corrected chi connectivity index (χ4v) is 5.57. The number of rotatable bonds is 5. The molecule has 0 atom stereocenters. The molecule has 0 aromatic carbocycles. The van der Waals surface area contributed by atoms with Crippen molar-refractivity contribution in [3.63, 3.8) is 0 Å². The molecule has 3 aliphatic rings. The second-order valence-electron chi connectivity index (χ2n) is 8.48. The number of fused-ring (bicyclic) bond motifs is 2. The highest BCUT2D eigenvalue weighted by Crippen LogP contribution is 2.44. The summed E-state index contributed by atoms with van der Waals surface area (Å²) in [5.41, 5.74) is 2.16. The van der Waals surface area contributed by atoms with Crippen molar-refractivity contribution in [1.82, 2.24) is 20.2 Å². The summed E-state index contributed by atoms with van der Waals surface area (Å²) >= 11 is 1.67. The average molecular weight is 401 g/mol. The van der Waals surface area contributed by atoms with Crippen LogP contribution in [-0.4, -0.2) is 47.0 Å². The molecule has 2 fully saturated rings. The number of hydrogen-bond acceptors (Lipinski definition) is 5. The zero-order valence-corrected chi connectivity index (χ0v) is 17.2. The van der Waals surface area contributed by atoms with Crippen LogP contribution in [0, 0.1) is 12.8 Å². The second kappa shape index (κ2) is 7.28. The number of thiophene rings is 1. The third-order valence-electron chi connectivity index (χ3n) is 6.27. The highest BCUT2D eigenvalue weighted by atomic mass is 32.1. The third-order valence-corrected chi connectivity index (χ3v) is 7.47. The number of aromatic amines is 1. The molecule has 150 valence electrons. The highest BCUT2D eigenvalue weighted by molar-refractivity contribution is 7.14. The van der Waals surface area contributed by atoms with Gasteiger partial charge < -0.3 is 15.0 Å².